The van der Waals surface area contributed by atoms with E-state index in [1.807, 2.05) is 6.92 Å². The second kappa shape index (κ2) is 1.91. The van der Waals surface area contributed by atoms with Gasteiger partial charge in [-0.05, 0) is 0 Å². The fraction of sp³-hybridized carbons (Fsp3) is 0.889. The molecule has 2 unspecified atom stereocenters. The molecule has 0 N–H and O–H groups in total. The maximum absolute atomic E-state index is 11.5. The van der Waals surface area contributed by atoms with Crippen LogP contribution in [-0.2, 0) is 14.3 Å². The van der Waals surface area contributed by atoms with Crippen molar-refractivity contribution in [2.75, 3.05) is 0 Å². The molecule has 0 aromatic carbocycles. The zero-order valence-corrected chi connectivity index (χ0v) is 7.19. The van der Waals surface area contributed by atoms with Gasteiger partial charge in [0.15, 0.2) is 5.78 Å². The summed E-state index contributed by atoms with van der Waals surface area (Å²) >= 11 is 0. The van der Waals surface area contributed by atoms with E-state index in [2.05, 4.69) is 6.92 Å². The highest BCUT2D eigenvalue weighted by Crippen LogP contribution is 2.47. The molecule has 4 rings (SSSR count). The fourth-order valence-corrected chi connectivity index (χ4v) is 2.81. The van der Waals surface area contributed by atoms with Crippen molar-refractivity contribution in [3.8, 4) is 0 Å². The molecule has 4 bridgehead atoms. The molecule has 3 heteroatoms. The average Bonchev–Trinajstić information content (AvgIpc) is 2.43. The maximum atomic E-state index is 11.5. The Morgan fingerprint density at radius 2 is 1.67 bits per heavy atom. The van der Waals surface area contributed by atoms with Crippen LogP contribution in [0.2, 0.25) is 0 Å². The van der Waals surface area contributed by atoms with Crippen LogP contribution in [0.3, 0.4) is 0 Å². The Balaban J connectivity index is 2.06. The van der Waals surface area contributed by atoms with E-state index in [4.69, 9.17) is 9.47 Å². The fourth-order valence-electron chi connectivity index (χ4n) is 2.81. The summed E-state index contributed by atoms with van der Waals surface area (Å²) in [6.45, 7) is 4.15. The normalized spacial score (nSPS) is 61.7. The topological polar surface area (TPSA) is 35.5 Å². The summed E-state index contributed by atoms with van der Waals surface area (Å²) in [5.41, 5.74) is 0. The molecule has 4 heterocycles. The number of ketones is 1. The summed E-state index contributed by atoms with van der Waals surface area (Å²) < 4.78 is 11.2. The van der Waals surface area contributed by atoms with Crippen LogP contribution in [0.5, 0.6) is 0 Å². The van der Waals surface area contributed by atoms with Crippen LogP contribution in [0.4, 0.5) is 0 Å². The number of hydrogen-bond donors (Lipinski definition) is 0. The third-order valence-electron chi connectivity index (χ3n) is 3.50. The van der Waals surface area contributed by atoms with E-state index in [1.54, 1.807) is 0 Å². The Hall–Kier alpha value is -0.410. The largest absolute Gasteiger partial charge is 0.364 e. The highest BCUT2D eigenvalue weighted by atomic mass is 16.6. The third-order valence-corrected chi connectivity index (χ3v) is 3.50. The van der Waals surface area contributed by atoms with Crippen molar-refractivity contribution in [2.45, 2.75) is 38.3 Å². The van der Waals surface area contributed by atoms with Gasteiger partial charge in [-0.25, -0.2) is 0 Å². The number of hydrogen-bond acceptors (Lipinski definition) is 3. The molecule has 3 nitrogen and oxygen atoms in total. The van der Waals surface area contributed by atoms with Gasteiger partial charge in [-0.2, -0.15) is 0 Å². The second-order valence-corrected chi connectivity index (χ2v) is 4.16. The van der Waals surface area contributed by atoms with Crippen LogP contribution in [0.25, 0.3) is 0 Å². The van der Waals surface area contributed by atoms with Crippen LogP contribution in [-0.4, -0.2) is 30.2 Å². The van der Waals surface area contributed by atoms with Gasteiger partial charge in [0.25, 0.3) is 0 Å². The highest BCUT2D eigenvalue weighted by Gasteiger charge is 2.63. The number of carbonyl (C=O) groups excluding carboxylic acids is 1. The lowest BCUT2D eigenvalue weighted by molar-refractivity contribution is -0.151. The van der Waals surface area contributed by atoms with E-state index in [9.17, 15) is 4.79 Å². The van der Waals surface area contributed by atoms with E-state index in [-0.39, 0.29) is 36.1 Å². The van der Waals surface area contributed by atoms with Crippen molar-refractivity contribution >= 4 is 5.78 Å². The molecule has 4 saturated heterocycles. The zero-order valence-electron chi connectivity index (χ0n) is 7.19. The van der Waals surface area contributed by atoms with Crippen LogP contribution >= 0.6 is 0 Å². The smallest absolute Gasteiger partial charge is 0.193 e. The van der Waals surface area contributed by atoms with Gasteiger partial charge >= 0.3 is 0 Å². The van der Waals surface area contributed by atoms with Gasteiger partial charge in [-0.3, -0.25) is 4.79 Å². The lowest BCUT2D eigenvalue weighted by atomic mass is 9.87. The van der Waals surface area contributed by atoms with Crippen molar-refractivity contribution < 1.29 is 14.3 Å². The van der Waals surface area contributed by atoms with Gasteiger partial charge in [-0.1, -0.05) is 13.8 Å². The molecule has 0 radical (unpaired) electrons. The van der Waals surface area contributed by atoms with Gasteiger partial charge in [-0.15, -0.1) is 0 Å². The molecule has 0 aromatic rings. The minimum Gasteiger partial charge on any atom is -0.364 e. The summed E-state index contributed by atoms with van der Waals surface area (Å²) in [5.74, 6) is 0.822. The molecule has 6 atom stereocenters. The summed E-state index contributed by atoms with van der Waals surface area (Å²) in [6.07, 6.45) is -0.0682. The predicted molar refractivity (Wildman–Crippen MR) is 40.7 cm³/mol. The first-order valence-corrected chi connectivity index (χ1v) is 4.55. The molecule has 0 saturated carbocycles. The molecule has 4 aliphatic heterocycles. The van der Waals surface area contributed by atoms with Crippen molar-refractivity contribution in [2.24, 2.45) is 11.8 Å². The Morgan fingerprint density at radius 3 is 2.33 bits per heavy atom. The Labute approximate surface area is 71.0 Å². The Morgan fingerprint density at radius 1 is 1.00 bits per heavy atom. The maximum Gasteiger partial charge on any atom is 0.193 e. The van der Waals surface area contributed by atoms with Gasteiger partial charge in [0.1, 0.15) is 12.2 Å². The van der Waals surface area contributed by atoms with Gasteiger partial charge in [0.05, 0.1) is 12.2 Å². The molecule has 0 aliphatic carbocycles. The Kier molecular flexibility index (Phi) is 1.12. The average molecular weight is 168 g/mol. The minimum atomic E-state index is -0.230. The quantitative estimate of drug-likeness (QED) is 0.524. The number of ether oxygens (including phenoxy) is 2. The van der Waals surface area contributed by atoms with E-state index in [0.717, 1.165) is 0 Å². The monoisotopic (exact) mass is 168 g/mol. The van der Waals surface area contributed by atoms with Crippen LogP contribution in [0.15, 0.2) is 0 Å². The third kappa shape index (κ3) is 0.559. The highest BCUT2D eigenvalue weighted by molar-refractivity contribution is 5.91. The van der Waals surface area contributed by atoms with Gasteiger partial charge in [0.2, 0.25) is 0 Å². The molecular weight excluding hydrogens is 156 g/mol. The van der Waals surface area contributed by atoms with Crippen LogP contribution in [0, 0.1) is 11.8 Å². The second-order valence-electron chi connectivity index (χ2n) is 4.16. The zero-order chi connectivity index (χ0) is 8.46. The predicted octanol–water partition coefficient (Wildman–Crippen LogP) is 0.376. The van der Waals surface area contributed by atoms with E-state index >= 15 is 0 Å². The lowest BCUT2D eigenvalue weighted by Crippen LogP contribution is -2.45. The van der Waals surface area contributed by atoms with Gasteiger partial charge in [0, 0.05) is 11.8 Å². The Bertz CT molecular complexity index is 244. The molecule has 0 amide bonds. The minimum absolute atomic E-state index is 0.0590. The first-order valence-electron chi connectivity index (χ1n) is 4.55. The SMILES string of the molecule is C[C@@H]1C2OC3C(=O)[C@H]2O[C@H]1[C@H]3C. The van der Waals surface area contributed by atoms with Crippen molar-refractivity contribution in [1.29, 1.82) is 0 Å². The lowest BCUT2D eigenvalue weighted by Gasteiger charge is -2.34. The number of Topliss-reactive ketones (excluding diaryl/α,β-unsaturated/α-hetero) is 1. The number of carbonyl (C=O) groups is 1. The molecule has 0 aromatic heterocycles. The molecule has 0 spiro atoms. The molecule has 4 aliphatic rings. The standard InChI is InChI=1S/C9H12O3/c1-3-6-4(2)8-9(11-6)5(10)7(3)12-8/h3-4,6-9H,1-2H3/t3-,4+,6+,7?,8?,9-/m1/s1. The van der Waals surface area contributed by atoms with Crippen LogP contribution < -0.4 is 0 Å². The van der Waals surface area contributed by atoms with Gasteiger partial charge < -0.3 is 9.47 Å². The van der Waals surface area contributed by atoms with E-state index in [0.29, 0.717) is 5.92 Å². The van der Waals surface area contributed by atoms with Crippen LogP contribution in [0.1, 0.15) is 13.8 Å². The van der Waals surface area contributed by atoms with Crippen molar-refractivity contribution in [3.63, 3.8) is 0 Å². The summed E-state index contributed by atoms with van der Waals surface area (Å²) in [4.78, 5) is 11.5. The summed E-state index contributed by atoms with van der Waals surface area (Å²) in [7, 11) is 0. The number of rotatable bonds is 0. The van der Waals surface area contributed by atoms with Crippen molar-refractivity contribution in [1.82, 2.24) is 0 Å². The van der Waals surface area contributed by atoms with E-state index in [1.165, 1.54) is 0 Å². The van der Waals surface area contributed by atoms with Crippen molar-refractivity contribution in [3.05, 3.63) is 0 Å². The first-order chi connectivity index (χ1) is 5.70. The summed E-state index contributed by atoms with van der Waals surface area (Å²) in [5, 5.41) is 0. The molecule has 12 heavy (non-hydrogen) atoms. The van der Waals surface area contributed by atoms with E-state index < -0.39 is 0 Å². The first kappa shape index (κ1) is 7.04. The molecule has 66 valence electrons. The molecule has 4 fully saturated rings. The molecular formula is C9H12O3. The summed E-state index contributed by atoms with van der Waals surface area (Å²) in [6, 6.07) is 0.